The molecule has 0 fully saturated rings. The summed E-state index contributed by atoms with van der Waals surface area (Å²) in [5.74, 6) is 0.684. The van der Waals surface area contributed by atoms with Gasteiger partial charge in [-0.3, -0.25) is 10.1 Å². The maximum absolute atomic E-state index is 12.6. The second kappa shape index (κ2) is 10.5. The third-order valence-corrected chi connectivity index (χ3v) is 7.29. The number of methoxy groups -OCH3 is 1. The average molecular weight is 517 g/mol. The maximum atomic E-state index is 12.6. The summed E-state index contributed by atoms with van der Waals surface area (Å²) in [5, 5.41) is 10.4. The SMILES string of the molecule is COc1ccc(OC[C@H](C)NS(=O)(=O)c2nnc(NC(=O)c3ccc(Cl)cc3Cl)s2)cc1. The standard InChI is InChI=1S/C19H18Cl2N4O5S2/c1-11(10-30-14-6-4-13(29-2)5-7-14)25-32(27,28)19-24-23-18(31-19)22-17(26)15-8-3-12(20)9-16(15)21/h3-9,11,25H,10H2,1-2H3,(H,22,23,26)/t11-/m0/s1. The Balaban J connectivity index is 1.59. The van der Waals surface area contributed by atoms with Crippen LogP contribution in [0, 0.1) is 0 Å². The van der Waals surface area contributed by atoms with E-state index in [1.807, 2.05) is 0 Å². The Hall–Kier alpha value is -2.44. The van der Waals surface area contributed by atoms with E-state index in [0.29, 0.717) is 27.9 Å². The minimum atomic E-state index is -3.97. The highest BCUT2D eigenvalue weighted by Gasteiger charge is 2.24. The van der Waals surface area contributed by atoms with E-state index in [4.69, 9.17) is 32.7 Å². The van der Waals surface area contributed by atoms with Gasteiger partial charge in [0.2, 0.25) is 9.47 Å². The summed E-state index contributed by atoms with van der Waals surface area (Å²) in [6.07, 6.45) is 0. The Morgan fingerprint density at radius 1 is 1.12 bits per heavy atom. The Kier molecular flexibility index (Phi) is 7.91. The van der Waals surface area contributed by atoms with Gasteiger partial charge in [-0.25, -0.2) is 13.1 Å². The predicted octanol–water partition coefficient (Wildman–Crippen LogP) is 3.85. The van der Waals surface area contributed by atoms with Crippen LogP contribution >= 0.6 is 34.5 Å². The third kappa shape index (κ3) is 6.30. The lowest BCUT2D eigenvalue weighted by molar-refractivity contribution is 0.102. The fourth-order valence-corrected chi connectivity index (χ4v) is 5.08. The molecule has 3 rings (SSSR count). The number of hydrogen-bond acceptors (Lipinski definition) is 8. The quantitative estimate of drug-likeness (QED) is 0.414. The van der Waals surface area contributed by atoms with Gasteiger partial charge < -0.3 is 9.47 Å². The Morgan fingerprint density at radius 3 is 2.47 bits per heavy atom. The molecule has 1 amide bonds. The number of nitrogens with zero attached hydrogens (tertiary/aromatic N) is 2. The highest BCUT2D eigenvalue weighted by Crippen LogP contribution is 2.24. The number of ether oxygens (including phenoxy) is 2. The first-order valence-corrected chi connectivity index (χ1v) is 12.1. The van der Waals surface area contributed by atoms with E-state index in [2.05, 4.69) is 20.2 Å². The minimum absolute atomic E-state index is 0.00327. The van der Waals surface area contributed by atoms with Crippen molar-refractivity contribution in [3.8, 4) is 11.5 Å². The van der Waals surface area contributed by atoms with Crippen LogP contribution in [0.5, 0.6) is 11.5 Å². The largest absolute Gasteiger partial charge is 0.497 e. The summed E-state index contributed by atoms with van der Waals surface area (Å²) < 4.78 is 38.0. The molecule has 0 unspecified atom stereocenters. The van der Waals surface area contributed by atoms with Crippen molar-refractivity contribution in [2.24, 2.45) is 0 Å². The van der Waals surface area contributed by atoms with Crippen molar-refractivity contribution in [2.75, 3.05) is 19.0 Å². The van der Waals surface area contributed by atoms with Crippen molar-refractivity contribution in [1.82, 2.24) is 14.9 Å². The van der Waals surface area contributed by atoms with Gasteiger partial charge in [0, 0.05) is 5.02 Å². The fourth-order valence-electron chi connectivity index (χ4n) is 2.45. The van der Waals surface area contributed by atoms with Crippen LogP contribution in [0.1, 0.15) is 17.3 Å². The van der Waals surface area contributed by atoms with E-state index in [9.17, 15) is 13.2 Å². The molecule has 0 aliphatic carbocycles. The molecule has 9 nitrogen and oxygen atoms in total. The smallest absolute Gasteiger partial charge is 0.270 e. The molecule has 2 aromatic carbocycles. The van der Waals surface area contributed by atoms with Gasteiger partial charge in [0.25, 0.3) is 15.9 Å². The summed E-state index contributed by atoms with van der Waals surface area (Å²) in [5.41, 5.74) is 0.165. The molecule has 1 heterocycles. The number of halogens is 2. The first-order valence-electron chi connectivity index (χ1n) is 9.07. The first-order chi connectivity index (χ1) is 15.2. The Morgan fingerprint density at radius 2 is 1.81 bits per heavy atom. The molecule has 1 aromatic heterocycles. The van der Waals surface area contributed by atoms with Crippen LogP contribution in [0.2, 0.25) is 10.0 Å². The summed E-state index contributed by atoms with van der Waals surface area (Å²) in [7, 11) is -2.41. The first kappa shape index (κ1) is 24.2. The number of carbonyl (C=O) groups is 1. The van der Waals surface area contributed by atoms with Crippen LogP contribution < -0.4 is 19.5 Å². The molecule has 0 spiro atoms. The fraction of sp³-hybridized carbons (Fsp3) is 0.211. The lowest BCUT2D eigenvalue weighted by atomic mass is 10.2. The molecule has 170 valence electrons. The molecule has 0 saturated carbocycles. The Labute approximate surface area is 198 Å². The molecule has 2 N–H and O–H groups in total. The molecule has 0 aliphatic heterocycles. The minimum Gasteiger partial charge on any atom is -0.497 e. The summed E-state index contributed by atoms with van der Waals surface area (Å²) in [4.78, 5) is 12.4. The second-order valence-electron chi connectivity index (χ2n) is 6.46. The zero-order valence-electron chi connectivity index (χ0n) is 16.8. The van der Waals surface area contributed by atoms with Gasteiger partial charge in [-0.05, 0) is 49.4 Å². The van der Waals surface area contributed by atoms with Crippen LogP contribution in [-0.4, -0.2) is 44.3 Å². The number of carbonyl (C=O) groups excluding carboxylic acids is 1. The van der Waals surface area contributed by atoms with E-state index in [0.717, 1.165) is 0 Å². The van der Waals surface area contributed by atoms with Crippen molar-refractivity contribution in [1.29, 1.82) is 0 Å². The van der Waals surface area contributed by atoms with E-state index < -0.39 is 22.0 Å². The molecule has 0 saturated heterocycles. The van der Waals surface area contributed by atoms with Gasteiger partial charge in [-0.15, -0.1) is 10.2 Å². The lowest BCUT2D eigenvalue weighted by Gasteiger charge is -2.14. The van der Waals surface area contributed by atoms with Gasteiger partial charge in [0.1, 0.15) is 18.1 Å². The van der Waals surface area contributed by atoms with Gasteiger partial charge in [0.05, 0.1) is 23.7 Å². The van der Waals surface area contributed by atoms with E-state index >= 15 is 0 Å². The molecular weight excluding hydrogens is 499 g/mol. The van der Waals surface area contributed by atoms with Crippen molar-refractivity contribution in [3.05, 3.63) is 58.1 Å². The number of hydrogen-bond donors (Lipinski definition) is 2. The predicted molar refractivity (Wildman–Crippen MR) is 123 cm³/mol. The van der Waals surface area contributed by atoms with Crippen molar-refractivity contribution >= 4 is 55.6 Å². The molecule has 0 bridgehead atoms. The number of amides is 1. The molecule has 3 aromatic rings. The summed E-state index contributed by atoms with van der Waals surface area (Å²) in [6.45, 7) is 1.73. The van der Waals surface area contributed by atoms with E-state index in [-0.39, 0.29) is 26.7 Å². The van der Waals surface area contributed by atoms with Crippen molar-refractivity contribution < 1.29 is 22.7 Å². The number of nitrogens with one attached hydrogen (secondary N) is 2. The highest BCUT2D eigenvalue weighted by atomic mass is 35.5. The van der Waals surface area contributed by atoms with Gasteiger partial charge in [-0.1, -0.05) is 34.5 Å². The molecule has 32 heavy (non-hydrogen) atoms. The topological polar surface area (TPSA) is 120 Å². The second-order valence-corrected chi connectivity index (χ2v) is 10.2. The maximum Gasteiger partial charge on any atom is 0.270 e. The molecule has 0 radical (unpaired) electrons. The molecule has 13 heteroatoms. The van der Waals surface area contributed by atoms with E-state index in [1.165, 1.54) is 18.2 Å². The number of benzene rings is 2. The van der Waals surface area contributed by atoms with Crippen LogP contribution in [-0.2, 0) is 10.0 Å². The zero-order valence-corrected chi connectivity index (χ0v) is 20.0. The molecule has 0 aliphatic rings. The average Bonchev–Trinajstić information content (AvgIpc) is 3.21. The normalized spacial score (nSPS) is 12.2. The molecular formula is C19H18Cl2N4O5S2. The number of anilines is 1. The highest BCUT2D eigenvalue weighted by molar-refractivity contribution is 7.91. The number of sulfonamides is 1. The Bertz CT molecular complexity index is 1200. The number of rotatable bonds is 9. The van der Waals surface area contributed by atoms with Crippen LogP contribution in [0.3, 0.4) is 0 Å². The van der Waals surface area contributed by atoms with Crippen LogP contribution in [0.25, 0.3) is 0 Å². The summed E-state index contributed by atoms with van der Waals surface area (Å²) in [6, 6.07) is 10.7. The van der Waals surface area contributed by atoms with Gasteiger partial charge >= 0.3 is 0 Å². The molecule has 1 atom stereocenters. The summed E-state index contributed by atoms with van der Waals surface area (Å²) >= 11 is 12.5. The van der Waals surface area contributed by atoms with E-state index in [1.54, 1.807) is 38.3 Å². The van der Waals surface area contributed by atoms with Crippen LogP contribution in [0.4, 0.5) is 5.13 Å². The van der Waals surface area contributed by atoms with Crippen molar-refractivity contribution in [2.45, 2.75) is 17.3 Å². The monoisotopic (exact) mass is 516 g/mol. The lowest BCUT2D eigenvalue weighted by Crippen LogP contribution is -2.36. The van der Waals surface area contributed by atoms with Crippen LogP contribution in [0.15, 0.2) is 46.8 Å². The van der Waals surface area contributed by atoms with Gasteiger partial charge in [0.15, 0.2) is 0 Å². The number of aromatic nitrogens is 2. The third-order valence-electron chi connectivity index (χ3n) is 3.95. The van der Waals surface area contributed by atoms with Gasteiger partial charge in [-0.2, -0.15) is 0 Å². The van der Waals surface area contributed by atoms with Crippen molar-refractivity contribution in [3.63, 3.8) is 0 Å². The zero-order chi connectivity index (χ0) is 23.3.